The van der Waals surface area contributed by atoms with Crippen LogP contribution in [0.2, 0.25) is 10.0 Å². The number of carbonyl (C=O) groups excluding carboxylic acids is 1. The highest BCUT2D eigenvalue weighted by Crippen LogP contribution is 2.31. The number of hydrogen-bond donors (Lipinski definition) is 2. The van der Waals surface area contributed by atoms with Gasteiger partial charge in [0.25, 0.3) is 0 Å². The molecule has 5 heteroatoms. The number of aromatic hydroxyl groups is 2. The molecule has 0 spiro atoms. The average Bonchev–Trinajstić information content (AvgIpc) is 2.34. The first-order chi connectivity index (χ1) is 8.49. The smallest absolute Gasteiger partial charge is 0.194 e. The molecule has 0 heterocycles. The molecule has 0 aliphatic heterocycles. The van der Waals surface area contributed by atoms with Crippen molar-refractivity contribution in [1.82, 2.24) is 0 Å². The summed E-state index contributed by atoms with van der Waals surface area (Å²) in [5.41, 5.74) is 0.571. The lowest BCUT2D eigenvalue weighted by Crippen LogP contribution is -2.02. The Bertz CT molecular complexity index is 606. The van der Waals surface area contributed by atoms with Crippen LogP contribution in [0.4, 0.5) is 0 Å². The van der Waals surface area contributed by atoms with Crippen LogP contribution >= 0.6 is 23.2 Å². The van der Waals surface area contributed by atoms with Crippen molar-refractivity contribution in [3.05, 3.63) is 57.6 Å². The van der Waals surface area contributed by atoms with Gasteiger partial charge in [0.2, 0.25) is 0 Å². The van der Waals surface area contributed by atoms with Crippen LogP contribution in [0.5, 0.6) is 11.5 Å². The SMILES string of the molecule is O=C(c1ccc(O)cc1)c1cc(Cl)c(O)cc1Cl. The quantitative estimate of drug-likeness (QED) is 0.827. The number of phenols is 2. The molecule has 0 radical (unpaired) electrons. The van der Waals surface area contributed by atoms with Gasteiger partial charge in [-0.25, -0.2) is 0 Å². The summed E-state index contributed by atoms with van der Waals surface area (Å²) in [7, 11) is 0. The van der Waals surface area contributed by atoms with E-state index in [-0.39, 0.29) is 32.9 Å². The fourth-order valence-electron chi connectivity index (χ4n) is 1.48. The lowest BCUT2D eigenvalue weighted by atomic mass is 10.0. The Hall–Kier alpha value is -1.71. The Morgan fingerprint density at radius 1 is 0.944 bits per heavy atom. The summed E-state index contributed by atoms with van der Waals surface area (Å²) in [4.78, 5) is 12.1. The Kier molecular flexibility index (Phi) is 3.45. The fraction of sp³-hybridized carbons (Fsp3) is 0. The van der Waals surface area contributed by atoms with Gasteiger partial charge >= 0.3 is 0 Å². The Labute approximate surface area is 113 Å². The molecule has 0 bridgehead atoms. The molecule has 0 aliphatic rings. The van der Waals surface area contributed by atoms with E-state index in [0.717, 1.165) is 0 Å². The molecule has 0 aliphatic carbocycles. The molecule has 0 amide bonds. The zero-order chi connectivity index (χ0) is 13.3. The van der Waals surface area contributed by atoms with Crippen LogP contribution in [0.15, 0.2) is 36.4 Å². The van der Waals surface area contributed by atoms with Gasteiger partial charge in [-0.3, -0.25) is 4.79 Å². The van der Waals surface area contributed by atoms with Crippen molar-refractivity contribution in [3.63, 3.8) is 0 Å². The van der Waals surface area contributed by atoms with E-state index in [1.165, 1.54) is 36.4 Å². The number of halogens is 2. The zero-order valence-electron chi connectivity index (χ0n) is 9.02. The van der Waals surface area contributed by atoms with E-state index in [4.69, 9.17) is 28.3 Å². The molecule has 2 aromatic rings. The van der Waals surface area contributed by atoms with Crippen molar-refractivity contribution in [3.8, 4) is 11.5 Å². The standard InChI is InChI=1S/C13H8Cl2O3/c14-10-6-12(17)11(15)5-9(10)13(18)7-1-3-8(16)4-2-7/h1-6,16-17H. The van der Waals surface area contributed by atoms with E-state index in [1.807, 2.05) is 0 Å². The van der Waals surface area contributed by atoms with Gasteiger partial charge in [-0.2, -0.15) is 0 Å². The second-order valence-corrected chi connectivity index (χ2v) is 4.47. The second kappa shape index (κ2) is 4.88. The van der Waals surface area contributed by atoms with Crippen LogP contribution in [-0.2, 0) is 0 Å². The van der Waals surface area contributed by atoms with Gasteiger partial charge in [0.1, 0.15) is 11.5 Å². The zero-order valence-corrected chi connectivity index (χ0v) is 10.5. The first-order valence-electron chi connectivity index (χ1n) is 5.01. The molecule has 2 rings (SSSR count). The molecule has 0 fully saturated rings. The lowest BCUT2D eigenvalue weighted by molar-refractivity contribution is 0.103. The highest BCUT2D eigenvalue weighted by atomic mass is 35.5. The first-order valence-corrected chi connectivity index (χ1v) is 5.76. The van der Waals surface area contributed by atoms with Gasteiger partial charge in [-0.1, -0.05) is 23.2 Å². The minimum absolute atomic E-state index is 0.0570. The third-order valence-electron chi connectivity index (χ3n) is 2.41. The highest BCUT2D eigenvalue weighted by molar-refractivity contribution is 6.37. The number of rotatable bonds is 2. The van der Waals surface area contributed by atoms with E-state index in [0.29, 0.717) is 5.56 Å². The number of carbonyl (C=O) groups is 1. The summed E-state index contributed by atoms with van der Waals surface area (Å²) < 4.78 is 0. The van der Waals surface area contributed by atoms with Gasteiger partial charge < -0.3 is 10.2 Å². The second-order valence-electron chi connectivity index (χ2n) is 3.66. The monoisotopic (exact) mass is 282 g/mol. The van der Waals surface area contributed by atoms with E-state index in [1.54, 1.807) is 0 Å². The first kappa shape index (κ1) is 12.7. The molecule has 0 aromatic heterocycles. The fourth-order valence-corrected chi connectivity index (χ4v) is 1.89. The third kappa shape index (κ3) is 2.42. The summed E-state index contributed by atoms with van der Waals surface area (Å²) in [5.74, 6) is -0.438. The van der Waals surface area contributed by atoms with Gasteiger partial charge in [-0.15, -0.1) is 0 Å². The van der Waals surface area contributed by atoms with E-state index < -0.39 is 0 Å². The normalized spacial score (nSPS) is 10.3. The average molecular weight is 283 g/mol. The summed E-state index contributed by atoms with van der Waals surface area (Å²) in [6.07, 6.45) is 0. The number of hydrogen-bond acceptors (Lipinski definition) is 3. The number of ketones is 1. The maximum absolute atomic E-state index is 12.1. The third-order valence-corrected chi connectivity index (χ3v) is 3.03. The summed E-state index contributed by atoms with van der Waals surface area (Å²) >= 11 is 11.6. The molecule has 2 aromatic carbocycles. The van der Waals surface area contributed by atoms with Crippen LogP contribution < -0.4 is 0 Å². The summed E-state index contributed by atoms with van der Waals surface area (Å²) in [6.45, 7) is 0. The molecule has 0 atom stereocenters. The van der Waals surface area contributed by atoms with Crippen molar-refractivity contribution >= 4 is 29.0 Å². The Morgan fingerprint density at radius 3 is 2.17 bits per heavy atom. The predicted octanol–water partition coefficient (Wildman–Crippen LogP) is 3.64. The Balaban J connectivity index is 2.46. The minimum atomic E-state index is -0.332. The summed E-state index contributed by atoms with van der Waals surface area (Å²) in [6, 6.07) is 8.31. The molecule has 0 unspecified atom stereocenters. The van der Waals surface area contributed by atoms with E-state index in [2.05, 4.69) is 0 Å². The largest absolute Gasteiger partial charge is 0.508 e. The van der Waals surface area contributed by atoms with Crippen molar-refractivity contribution < 1.29 is 15.0 Å². The molecule has 2 N–H and O–H groups in total. The molecule has 3 nitrogen and oxygen atoms in total. The molecule has 0 saturated heterocycles. The van der Waals surface area contributed by atoms with Gasteiger partial charge in [0.05, 0.1) is 10.0 Å². The van der Waals surface area contributed by atoms with E-state index >= 15 is 0 Å². The molecular weight excluding hydrogens is 275 g/mol. The summed E-state index contributed by atoms with van der Waals surface area (Å²) in [5, 5.41) is 18.7. The van der Waals surface area contributed by atoms with Crippen LogP contribution in [-0.4, -0.2) is 16.0 Å². The Morgan fingerprint density at radius 2 is 1.56 bits per heavy atom. The van der Waals surface area contributed by atoms with Crippen molar-refractivity contribution in [2.75, 3.05) is 0 Å². The number of phenolic OH excluding ortho intramolecular Hbond substituents is 2. The number of benzene rings is 2. The molecular formula is C13H8Cl2O3. The highest BCUT2D eigenvalue weighted by Gasteiger charge is 2.15. The van der Waals surface area contributed by atoms with Crippen LogP contribution in [0, 0.1) is 0 Å². The van der Waals surface area contributed by atoms with Crippen LogP contribution in [0.25, 0.3) is 0 Å². The minimum Gasteiger partial charge on any atom is -0.508 e. The lowest BCUT2D eigenvalue weighted by Gasteiger charge is -2.06. The molecule has 18 heavy (non-hydrogen) atoms. The van der Waals surface area contributed by atoms with Crippen LogP contribution in [0.3, 0.4) is 0 Å². The van der Waals surface area contributed by atoms with Crippen molar-refractivity contribution in [1.29, 1.82) is 0 Å². The van der Waals surface area contributed by atoms with Gasteiger partial charge in [-0.05, 0) is 30.3 Å². The van der Waals surface area contributed by atoms with Gasteiger partial charge in [0, 0.05) is 17.2 Å². The van der Waals surface area contributed by atoms with Gasteiger partial charge in [0.15, 0.2) is 5.78 Å². The van der Waals surface area contributed by atoms with E-state index in [9.17, 15) is 9.90 Å². The maximum Gasteiger partial charge on any atom is 0.194 e. The topological polar surface area (TPSA) is 57.5 Å². The molecule has 92 valence electrons. The molecule has 0 saturated carbocycles. The maximum atomic E-state index is 12.1. The van der Waals surface area contributed by atoms with Crippen LogP contribution in [0.1, 0.15) is 15.9 Å². The van der Waals surface area contributed by atoms with Crippen molar-refractivity contribution in [2.45, 2.75) is 0 Å². The predicted molar refractivity (Wildman–Crippen MR) is 69.7 cm³/mol. The van der Waals surface area contributed by atoms with Crippen molar-refractivity contribution in [2.24, 2.45) is 0 Å².